The highest BCUT2D eigenvalue weighted by Gasteiger charge is 2.08. The molecule has 2 aromatic rings. The fourth-order valence-electron chi connectivity index (χ4n) is 1.35. The lowest BCUT2D eigenvalue weighted by Crippen LogP contribution is -1.99. The summed E-state index contributed by atoms with van der Waals surface area (Å²) in [6.45, 7) is 0. The average molecular weight is 194 g/mol. The minimum atomic E-state index is 0.351. The van der Waals surface area contributed by atoms with Gasteiger partial charge in [0, 0.05) is 12.4 Å². The first-order valence-electron chi connectivity index (χ1n) is 4.30. The largest absolute Gasteiger partial charge is 0.240 e. The van der Waals surface area contributed by atoms with E-state index in [2.05, 4.69) is 5.10 Å². The van der Waals surface area contributed by atoms with E-state index in [0.29, 0.717) is 16.8 Å². The van der Waals surface area contributed by atoms with E-state index in [1.54, 1.807) is 41.3 Å². The number of rotatable bonds is 1. The number of hydrogen-bond acceptors (Lipinski definition) is 3. The predicted molar refractivity (Wildman–Crippen MR) is 53.0 cm³/mol. The Bertz CT molecular complexity index is 555. The molecular formula is C11H6N4. The van der Waals surface area contributed by atoms with E-state index < -0.39 is 0 Å². The van der Waals surface area contributed by atoms with Crippen LogP contribution in [0.25, 0.3) is 5.69 Å². The van der Waals surface area contributed by atoms with Crippen molar-refractivity contribution in [1.29, 1.82) is 10.5 Å². The highest BCUT2D eigenvalue weighted by atomic mass is 15.3. The predicted octanol–water partition coefficient (Wildman–Crippen LogP) is 1.62. The number of nitrogens with zero attached hydrogens (tertiary/aromatic N) is 4. The van der Waals surface area contributed by atoms with Crippen molar-refractivity contribution in [2.45, 2.75) is 0 Å². The van der Waals surface area contributed by atoms with Crippen LogP contribution in [0.3, 0.4) is 0 Å². The van der Waals surface area contributed by atoms with Crippen molar-refractivity contribution in [3.8, 4) is 17.8 Å². The van der Waals surface area contributed by atoms with Crippen molar-refractivity contribution < 1.29 is 0 Å². The van der Waals surface area contributed by atoms with Crippen LogP contribution in [0.4, 0.5) is 0 Å². The molecule has 4 nitrogen and oxygen atoms in total. The van der Waals surface area contributed by atoms with E-state index >= 15 is 0 Å². The lowest BCUT2D eigenvalue weighted by molar-refractivity contribution is 0.877. The monoisotopic (exact) mass is 194 g/mol. The minimum absolute atomic E-state index is 0.351. The number of aromatic nitrogens is 2. The highest BCUT2D eigenvalue weighted by Crippen LogP contribution is 2.16. The first-order valence-corrected chi connectivity index (χ1v) is 4.30. The van der Waals surface area contributed by atoms with Crippen molar-refractivity contribution in [2.24, 2.45) is 0 Å². The molecule has 70 valence electrons. The zero-order chi connectivity index (χ0) is 10.7. The number of nitriles is 2. The fourth-order valence-corrected chi connectivity index (χ4v) is 1.35. The van der Waals surface area contributed by atoms with Crippen LogP contribution in [0.2, 0.25) is 0 Å². The lowest BCUT2D eigenvalue weighted by Gasteiger charge is -2.04. The van der Waals surface area contributed by atoms with Gasteiger partial charge in [0.25, 0.3) is 0 Å². The van der Waals surface area contributed by atoms with Crippen LogP contribution in [0, 0.1) is 22.7 Å². The molecule has 4 heteroatoms. The van der Waals surface area contributed by atoms with Crippen LogP contribution < -0.4 is 0 Å². The van der Waals surface area contributed by atoms with Crippen LogP contribution >= 0.6 is 0 Å². The molecule has 0 N–H and O–H groups in total. The van der Waals surface area contributed by atoms with Gasteiger partial charge in [-0.3, -0.25) is 0 Å². The Balaban J connectivity index is 2.70. The molecule has 0 unspecified atom stereocenters. The summed E-state index contributed by atoms with van der Waals surface area (Å²) in [5.74, 6) is 0. The van der Waals surface area contributed by atoms with Gasteiger partial charge in [0.2, 0.25) is 0 Å². The second-order valence-electron chi connectivity index (χ2n) is 2.87. The molecule has 0 saturated heterocycles. The highest BCUT2D eigenvalue weighted by molar-refractivity contribution is 5.57. The molecule has 0 aliphatic rings. The van der Waals surface area contributed by atoms with Crippen molar-refractivity contribution in [2.75, 3.05) is 0 Å². The summed E-state index contributed by atoms with van der Waals surface area (Å²) in [6.07, 6.45) is 3.36. The Morgan fingerprint density at radius 3 is 2.60 bits per heavy atom. The molecule has 0 bridgehead atoms. The number of benzene rings is 1. The third-order valence-electron chi connectivity index (χ3n) is 2.03. The maximum absolute atomic E-state index is 8.99. The normalized spacial score (nSPS) is 9.20. The van der Waals surface area contributed by atoms with Gasteiger partial charge in [-0.05, 0) is 18.2 Å². The smallest absolute Gasteiger partial charge is 0.103 e. The summed E-state index contributed by atoms with van der Waals surface area (Å²) in [4.78, 5) is 0. The molecule has 0 fully saturated rings. The fraction of sp³-hybridized carbons (Fsp3) is 0. The molecule has 1 aromatic carbocycles. The van der Waals surface area contributed by atoms with Gasteiger partial charge in [0.1, 0.15) is 12.1 Å². The van der Waals surface area contributed by atoms with Gasteiger partial charge in [0.15, 0.2) is 0 Å². The summed E-state index contributed by atoms with van der Waals surface area (Å²) in [7, 11) is 0. The van der Waals surface area contributed by atoms with Gasteiger partial charge in [-0.25, -0.2) is 4.68 Å². The van der Waals surface area contributed by atoms with Gasteiger partial charge in [0.05, 0.1) is 16.8 Å². The lowest BCUT2D eigenvalue weighted by atomic mass is 10.1. The Morgan fingerprint density at radius 2 is 2.00 bits per heavy atom. The van der Waals surface area contributed by atoms with E-state index in [9.17, 15) is 0 Å². The number of hydrogen-bond donors (Lipinski definition) is 0. The van der Waals surface area contributed by atoms with Gasteiger partial charge in [-0.15, -0.1) is 0 Å². The summed E-state index contributed by atoms with van der Waals surface area (Å²) in [5.41, 5.74) is 1.34. The quantitative estimate of drug-likeness (QED) is 0.692. The van der Waals surface area contributed by atoms with Crippen molar-refractivity contribution >= 4 is 0 Å². The molecule has 0 atom stereocenters. The average Bonchev–Trinajstić information content (AvgIpc) is 2.81. The SMILES string of the molecule is N#Cc1cccc(-n2cccn2)c1C#N. The van der Waals surface area contributed by atoms with Crippen LogP contribution in [0.1, 0.15) is 11.1 Å². The van der Waals surface area contributed by atoms with Gasteiger partial charge in [-0.1, -0.05) is 6.07 Å². The maximum Gasteiger partial charge on any atom is 0.103 e. The van der Waals surface area contributed by atoms with Crippen LogP contribution in [0.5, 0.6) is 0 Å². The van der Waals surface area contributed by atoms with E-state index in [4.69, 9.17) is 10.5 Å². The second kappa shape index (κ2) is 3.65. The molecule has 0 amide bonds. The topological polar surface area (TPSA) is 65.4 Å². The van der Waals surface area contributed by atoms with E-state index in [1.807, 2.05) is 12.1 Å². The molecule has 1 aromatic heterocycles. The van der Waals surface area contributed by atoms with Gasteiger partial charge < -0.3 is 0 Å². The molecular weight excluding hydrogens is 188 g/mol. The van der Waals surface area contributed by atoms with Crippen LogP contribution in [-0.2, 0) is 0 Å². The van der Waals surface area contributed by atoms with Crippen LogP contribution in [0.15, 0.2) is 36.7 Å². The van der Waals surface area contributed by atoms with Gasteiger partial charge in [-0.2, -0.15) is 15.6 Å². The molecule has 15 heavy (non-hydrogen) atoms. The molecule has 0 spiro atoms. The van der Waals surface area contributed by atoms with Crippen LogP contribution in [-0.4, -0.2) is 9.78 Å². The molecule has 0 aliphatic heterocycles. The molecule has 0 aliphatic carbocycles. The van der Waals surface area contributed by atoms with Crippen molar-refractivity contribution in [3.63, 3.8) is 0 Å². The Hall–Kier alpha value is -2.59. The maximum atomic E-state index is 8.99. The zero-order valence-electron chi connectivity index (χ0n) is 7.75. The molecule has 0 radical (unpaired) electrons. The Labute approximate surface area is 86.6 Å². The van der Waals surface area contributed by atoms with Gasteiger partial charge >= 0.3 is 0 Å². The first-order chi connectivity index (χ1) is 7.36. The molecule has 0 saturated carbocycles. The first kappa shape index (κ1) is 8.98. The molecule has 2 rings (SSSR count). The third kappa shape index (κ3) is 1.45. The van der Waals surface area contributed by atoms with Crippen molar-refractivity contribution in [3.05, 3.63) is 47.8 Å². The summed E-state index contributed by atoms with van der Waals surface area (Å²) in [5, 5.41) is 21.9. The van der Waals surface area contributed by atoms with E-state index in [-0.39, 0.29) is 0 Å². The van der Waals surface area contributed by atoms with E-state index in [1.165, 1.54) is 0 Å². The zero-order valence-corrected chi connectivity index (χ0v) is 7.75. The van der Waals surface area contributed by atoms with Crippen molar-refractivity contribution in [1.82, 2.24) is 9.78 Å². The summed E-state index contributed by atoms with van der Waals surface area (Å²) >= 11 is 0. The Morgan fingerprint density at radius 1 is 1.13 bits per heavy atom. The minimum Gasteiger partial charge on any atom is -0.240 e. The third-order valence-corrected chi connectivity index (χ3v) is 2.03. The Kier molecular flexibility index (Phi) is 2.19. The summed E-state index contributed by atoms with van der Waals surface area (Å²) < 4.78 is 1.57. The van der Waals surface area contributed by atoms with E-state index in [0.717, 1.165) is 0 Å². The summed E-state index contributed by atoms with van der Waals surface area (Å²) in [6, 6.07) is 10.9. The standard InChI is InChI=1S/C11H6N4/c12-7-9-3-1-4-11(10(9)8-13)15-6-2-5-14-15/h1-6H. The second-order valence-corrected chi connectivity index (χ2v) is 2.87. The molecule has 1 heterocycles.